The van der Waals surface area contributed by atoms with Gasteiger partial charge in [0.15, 0.2) is 11.5 Å². The summed E-state index contributed by atoms with van der Waals surface area (Å²) in [7, 11) is 1.84. The van der Waals surface area contributed by atoms with E-state index < -0.39 is 0 Å². The first-order chi connectivity index (χ1) is 9.74. The number of nitrogens with zero attached hydrogens (tertiary/aromatic N) is 2. The van der Waals surface area contributed by atoms with Crippen LogP contribution >= 0.6 is 0 Å². The van der Waals surface area contributed by atoms with E-state index in [2.05, 4.69) is 20.6 Å². The highest BCUT2D eigenvalue weighted by Gasteiger charge is 2.13. The number of aromatic nitrogens is 2. The molecule has 0 saturated heterocycles. The zero-order valence-corrected chi connectivity index (χ0v) is 11.4. The van der Waals surface area contributed by atoms with E-state index in [0.29, 0.717) is 13.3 Å². The van der Waals surface area contributed by atoms with Crippen LogP contribution in [0.2, 0.25) is 0 Å². The van der Waals surface area contributed by atoms with Gasteiger partial charge in [-0.2, -0.15) is 0 Å². The second-order valence-electron chi connectivity index (χ2n) is 4.48. The van der Waals surface area contributed by atoms with Crippen LogP contribution in [-0.4, -0.2) is 23.8 Å². The predicted molar refractivity (Wildman–Crippen MR) is 76.2 cm³/mol. The van der Waals surface area contributed by atoms with Crippen LogP contribution in [0.4, 0.5) is 11.6 Å². The Bertz CT molecular complexity index is 631. The number of hydrogen-bond donors (Lipinski definition) is 2. The fourth-order valence-electron chi connectivity index (χ4n) is 2.03. The first-order valence-electron chi connectivity index (χ1n) is 6.40. The number of fused-ring (bicyclic) bond motifs is 1. The van der Waals surface area contributed by atoms with E-state index in [1.807, 2.05) is 38.2 Å². The van der Waals surface area contributed by atoms with Crippen LogP contribution in [0.25, 0.3) is 0 Å². The van der Waals surface area contributed by atoms with Crippen molar-refractivity contribution in [2.24, 2.45) is 0 Å². The van der Waals surface area contributed by atoms with E-state index in [9.17, 15) is 0 Å². The molecule has 6 nitrogen and oxygen atoms in total. The summed E-state index contributed by atoms with van der Waals surface area (Å²) >= 11 is 0. The quantitative estimate of drug-likeness (QED) is 0.889. The molecule has 0 amide bonds. The van der Waals surface area contributed by atoms with Gasteiger partial charge >= 0.3 is 0 Å². The Hall–Kier alpha value is -2.50. The van der Waals surface area contributed by atoms with Crippen LogP contribution in [0.1, 0.15) is 11.4 Å². The zero-order chi connectivity index (χ0) is 13.9. The van der Waals surface area contributed by atoms with Gasteiger partial charge in [0.1, 0.15) is 17.5 Å². The molecule has 1 aromatic carbocycles. The molecule has 0 unspecified atom stereocenters. The lowest BCUT2D eigenvalue weighted by atomic mass is 10.2. The van der Waals surface area contributed by atoms with Crippen molar-refractivity contribution in [1.29, 1.82) is 0 Å². The Morgan fingerprint density at radius 1 is 1.10 bits per heavy atom. The zero-order valence-electron chi connectivity index (χ0n) is 11.4. The molecule has 2 heterocycles. The molecule has 20 heavy (non-hydrogen) atoms. The SMILES string of the molecule is CNc1cc(NCc2ccc3c(c2)OCO3)nc(C)n1. The fraction of sp³-hybridized carbons (Fsp3) is 0.286. The third-order valence-electron chi connectivity index (χ3n) is 3.00. The molecule has 2 N–H and O–H groups in total. The molecule has 0 radical (unpaired) electrons. The van der Waals surface area contributed by atoms with Gasteiger partial charge < -0.3 is 20.1 Å². The normalized spacial score (nSPS) is 12.3. The number of benzene rings is 1. The molecule has 3 rings (SSSR count). The van der Waals surface area contributed by atoms with Crippen molar-refractivity contribution < 1.29 is 9.47 Å². The lowest BCUT2D eigenvalue weighted by molar-refractivity contribution is 0.174. The molecule has 2 aromatic rings. The summed E-state index contributed by atoms with van der Waals surface area (Å²) in [6, 6.07) is 7.78. The Labute approximate surface area is 117 Å². The Kier molecular flexibility index (Phi) is 3.28. The molecule has 0 atom stereocenters. The van der Waals surface area contributed by atoms with E-state index in [1.165, 1.54) is 0 Å². The van der Waals surface area contributed by atoms with Crippen molar-refractivity contribution in [2.75, 3.05) is 24.5 Å². The van der Waals surface area contributed by atoms with Crippen molar-refractivity contribution in [3.63, 3.8) is 0 Å². The second-order valence-corrected chi connectivity index (χ2v) is 4.48. The third-order valence-corrected chi connectivity index (χ3v) is 3.00. The molecular weight excluding hydrogens is 256 g/mol. The maximum absolute atomic E-state index is 5.36. The largest absolute Gasteiger partial charge is 0.454 e. The number of anilines is 2. The van der Waals surface area contributed by atoms with Crippen LogP contribution in [0.15, 0.2) is 24.3 Å². The van der Waals surface area contributed by atoms with Gasteiger partial charge in [-0.1, -0.05) is 6.07 Å². The summed E-state index contributed by atoms with van der Waals surface area (Å²) in [4.78, 5) is 8.61. The molecule has 0 saturated carbocycles. The van der Waals surface area contributed by atoms with Crippen LogP contribution in [0.5, 0.6) is 11.5 Å². The number of aryl methyl sites for hydroxylation is 1. The number of ether oxygens (including phenoxy) is 2. The molecule has 0 fully saturated rings. The van der Waals surface area contributed by atoms with Crippen molar-refractivity contribution >= 4 is 11.6 Å². The van der Waals surface area contributed by atoms with Gasteiger partial charge in [-0.15, -0.1) is 0 Å². The Morgan fingerprint density at radius 2 is 1.90 bits per heavy atom. The van der Waals surface area contributed by atoms with Crippen molar-refractivity contribution in [3.05, 3.63) is 35.7 Å². The Morgan fingerprint density at radius 3 is 2.75 bits per heavy atom. The highest BCUT2D eigenvalue weighted by molar-refractivity contribution is 5.49. The molecule has 1 aromatic heterocycles. The van der Waals surface area contributed by atoms with Crippen molar-refractivity contribution in [3.8, 4) is 11.5 Å². The van der Waals surface area contributed by atoms with Crippen LogP contribution in [0.3, 0.4) is 0 Å². The monoisotopic (exact) mass is 272 g/mol. The maximum Gasteiger partial charge on any atom is 0.231 e. The van der Waals surface area contributed by atoms with Gasteiger partial charge in [-0.3, -0.25) is 0 Å². The lowest BCUT2D eigenvalue weighted by Crippen LogP contribution is -2.05. The lowest BCUT2D eigenvalue weighted by Gasteiger charge is -2.09. The second kappa shape index (κ2) is 5.24. The summed E-state index contributed by atoms with van der Waals surface area (Å²) in [5.74, 6) is 3.90. The molecule has 1 aliphatic heterocycles. The molecule has 104 valence electrons. The first-order valence-corrected chi connectivity index (χ1v) is 6.40. The smallest absolute Gasteiger partial charge is 0.231 e. The highest BCUT2D eigenvalue weighted by Crippen LogP contribution is 2.32. The Balaban J connectivity index is 1.71. The molecular formula is C14H16N4O2. The van der Waals surface area contributed by atoms with Crippen LogP contribution in [-0.2, 0) is 6.54 Å². The molecule has 1 aliphatic rings. The van der Waals surface area contributed by atoms with Gasteiger partial charge in [-0.25, -0.2) is 9.97 Å². The summed E-state index contributed by atoms with van der Waals surface area (Å²) < 4.78 is 10.7. The summed E-state index contributed by atoms with van der Waals surface area (Å²) in [6.07, 6.45) is 0. The van der Waals surface area contributed by atoms with E-state index in [-0.39, 0.29) is 0 Å². The minimum Gasteiger partial charge on any atom is -0.454 e. The van der Waals surface area contributed by atoms with E-state index in [0.717, 1.165) is 34.5 Å². The van der Waals surface area contributed by atoms with E-state index >= 15 is 0 Å². The fourth-order valence-corrected chi connectivity index (χ4v) is 2.03. The van der Waals surface area contributed by atoms with Crippen molar-refractivity contribution in [1.82, 2.24) is 9.97 Å². The van der Waals surface area contributed by atoms with Gasteiger partial charge in [0.05, 0.1) is 0 Å². The average molecular weight is 272 g/mol. The maximum atomic E-state index is 5.36. The van der Waals surface area contributed by atoms with Gasteiger partial charge in [0.2, 0.25) is 6.79 Å². The summed E-state index contributed by atoms with van der Waals surface area (Å²) in [6.45, 7) is 2.83. The molecule has 6 heteroatoms. The first kappa shape index (κ1) is 12.5. The molecule has 0 aliphatic carbocycles. The van der Waals surface area contributed by atoms with Crippen LogP contribution < -0.4 is 20.1 Å². The third kappa shape index (κ3) is 2.59. The number of rotatable bonds is 4. The number of hydrogen-bond acceptors (Lipinski definition) is 6. The highest BCUT2D eigenvalue weighted by atomic mass is 16.7. The molecule has 0 bridgehead atoms. The minimum absolute atomic E-state index is 0.294. The number of nitrogens with one attached hydrogen (secondary N) is 2. The average Bonchev–Trinajstić information content (AvgIpc) is 2.92. The standard InChI is InChI=1S/C14H16N4O2/c1-9-17-13(15-2)6-14(18-9)16-7-10-3-4-11-12(5-10)20-8-19-11/h3-6H,7-8H2,1-2H3,(H2,15,16,17,18). The predicted octanol–water partition coefficient (Wildman–Crippen LogP) is 2.17. The molecule has 0 spiro atoms. The van der Waals surface area contributed by atoms with E-state index in [1.54, 1.807) is 0 Å². The summed E-state index contributed by atoms with van der Waals surface area (Å²) in [5.41, 5.74) is 1.11. The van der Waals surface area contributed by atoms with E-state index in [4.69, 9.17) is 9.47 Å². The van der Waals surface area contributed by atoms with Gasteiger partial charge in [0, 0.05) is 19.7 Å². The van der Waals surface area contributed by atoms with Gasteiger partial charge in [0.25, 0.3) is 0 Å². The summed E-state index contributed by atoms with van der Waals surface area (Å²) in [5, 5.41) is 6.29. The van der Waals surface area contributed by atoms with Crippen LogP contribution in [0, 0.1) is 6.92 Å². The van der Waals surface area contributed by atoms with Crippen molar-refractivity contribution in [2.45, 2.75) is 13.5 Å². The minimum atomic E-state index is 0.294. The van der Waals surface area contributed by atoms with Gasteiger partial charge in [-0.05, 0) is 24.6 Å². The topological polar surface area (TPSA) is 68.3 Å².